The highest BCUT2D eigenvalue weighted by molar-refractivity contribution is 5.31. The van der Waals surface area contributed by atoms with Gasteiger partial charge in [-0.05, 0) is 55.7 Å². The van der Waals surface area contributed by atoms with E-state index in [4.69, 9.17) is 0 Å². The lowest BCUT2D eigenvalue weighted by atomic mass is 9.96. The molecule has 40 heavy (non-hydrogen) atoms. The molecule has 0 atom stereocenters. The van der Waals surface area contributed by atoms with Gasteiger partial charge in [0.25, 0.3) is 0 Å². The van der Waals surface area contributed by atoms with Crippen LogP contribution in [0.15, 0.2) is 18.2 Å². The van der Waals surface area contributed by atoms with Crippen molar-refractivity contribution in [1.82, 2.24) is 0 Å². The third-order valence-corrected chi connectivity index (χ3v) is 9.04. The van der Waals surface area contributed by atoms with Gasteiger partial charge in [0.15, 0.2) is 0 Å². The van der Waals surface area contributed by atoms with Crippen LogP contribution in [-0.4, -0.2) is 0 Å². The molecule has 0 amide bonds. The van der Waals surface area contributed by atoms with Crippen LogP contribution in [-0.2, 0) is 19.3 Å². The Morgan fingerprint density at radius 2 is 0.550 bits per heavy atom. The number of rotatable bonds is 31. The van der Waals surface area contributed by atoms with Crippen LogP contribution >= 0.6 is 0 Å². The summed E-state index contributed by atoms with van der Waals surface area (Å²) in [5.41, 5.74) is 4.59. The summed E-state index contributed by atoms with van der Waals surface area (Å²) in [6.07, 6.45) is 43.7. The maximum Gasteiger partial charge on any atom is -0.0279 e. The van der Waals surface area contributed by atoms with E-state index in [1.165, 1.54) is 198 Å². The Hall–Kier alpha value is -0.780. The molecule has 0 spiro atoms. The van der Waals surface area contributed by atoms with Crippen LogP contribution in [0, 0.1) is 6.92 Å². The Kier molecular flexibility index (Phi) is 27.7. The van der Waals surface area contributed by atoms with Crippen LogP contribution in [0.25, 0.3) is 0 Å². The van der Waals surface area contributed by atoms with Gasteiger partial charge in [0, 0.05) is 0 Å². The molecule has 0 saturated heterocycles. The molecular weight excluding hydrogens is 480 g/mol. The van der Waals surface area contributed by atoms with Crippen molar-refractivity contribution < 1.29 is 0 Å². The van der Waals surface area contributed by atoms with Gasteiger partial charge in [-0.1, -0.05) is 199 Å². The van der Waals surface area contributed by atoms with E-state index in [9.17, 15) is 0 Å². The predicted octanol–water partition coefficient (Wildman–Crippen LogP) is 14.1. The molecular formula is C40H73. The molecule has 1 aromatic rings. The molecule has 233 valence electrons. The summed E-state index contributed by atoms with van der Waals surface area (Å²) < 4.78 is 0. The highest BCUT2D eigenvalue weighted by Crippen LogP contribution is 2.19. The first-order valence-electron chi connectivity index (χ1n) is 18.7. The van der Waals surface area contributed by atoms with Crippen molar-refractivity contribution in [1.29, 1.82) is 0 Å². The van der Waals surface area contributed by atoms with E-state index in [0.717, 1.165) is 6.42 Å². The molecule has 0 aliphatic carbocycles. The zero-order valence-corrected chi connectivity index (χ0v) is 27.9. The summed E-state index contributed by atoms with van der Waals surface area (Å²) >= 11 is 0. The molecule has 0 unspecified atom stereocenters. The van der Waals surface area contributed by atoms with E-state index in [-0.39, 0.29) is 0 Å². The summed E-state index contributed by atoms with van der Waals surface area (Å²) in [7, 11) is 0. The van der Waals surface area contributed by atoms with Gasteiger partial charge >= 0.3 is 0 Å². The average molecular weight is 554 g/mol. The van der Waals surface area contributed by atoms with Crippen LogP contribution in [0.5, 0.6) is 0 Å². The van der Waals surface area contributed by atoms with E-state index < -0.39 is 0 Å². The van der Waals surface area contributed by atoms with Gasteiger partial charge in [-0.15, -0.1) is 0 Å². The van der Waals surface area contributed by atoms with Crippen LogP contribution < -0.4 is 0 Å². The van der Waals surface area contributed by atoms with Crippen LogP contribution in [0.4, 0.5) is 0 Å². The number of aryl methyl sites for hydroxylation is 2. The minimum absolute atomic E-state index is 0.929. The predicted molar refractivity (Wildman–Crippen MR) is 184 cm³/mol. The molecule has 0 aliphatic rings. The minimum atomic E-state index is 0.929. The van der Waals surface area contributed by atoms with Crippen molar-refractivity contribution in [2.24, 2.45) is 0 Å². The fourth-order valence-electron chi connectivity index (χ4n) is 6.32. The van der Waals surface area contributed by atoms with E-state index in [0.29, 0.717) is 0 Å². The molecule has 0 fully saturated rings. The molecule has 0 nitrogen and oxygen atoms in total. The minimum Gasteiger partial charge on any atom is -0.0654 e. The lowest BCUT2D eigenvalue weighted by Crippen LogP contribution is -1.95. The SMILES string of the molecule is [CH2]Cc1cc(CCCCCCCCCCCCCCCC)cc(CCCCCCCCCCCCCCCC)c1. The van der Waals surface area contributed by atoms with Gasteiger partial charge in [0.1, 0.15) is 0 Å². The molecule has 0 heteroatoms. The Balaban J connectivity index is 2.01. The number of unbranched alkanes of at least 4 members (excludes halogenated alkanes) is 26. The number of benzene rings is 1. The maximum atomic E-state index is 4.18. The van der Waals surface area contributed by atoms with E-state index in [2.05, 4.69) is 39.0 Å². The molecule has 0 aliphatic heterocycles. The Bertz CT molecular complexity index is 579. The lowest BCUT2D eigenvalue weighted by Gasteiger charge is -2.10. The summed E-state index contributed by atoms with van der Waals surface area (Å²) in [5, 5.41) is 0. The molecule has 0 saturated carbocycles. The molecule has 0 bridgehead atoms. The van der Waals surface area contributed by atoms with E-state index in [1.54, 1.807) is 11.1 Å². The van der Waals surface area contributed by atoms with Crippen LogP contribution in [0.1, 0.15) is 210 Å². The molecule has 1 radical (unpaired) electrons. The maximum absolute atomic E-state index is 4.18. The van der Waals surface area contributed by atoms with Crippen molar-refractivity contribution >= 4 is 0 Å². The summed E-state index contributed by atoms with van der Waals surface area (Å²) in [6.45, 7) is 8.80. The first-order valence-corrected chi connectivity index (χ1v) is 18.7. The third-order valence-electron chi connectivity index (χ3n) is 9.04. The van der Waals surface area contributed by atoms with Crippen molar-refractivity contribution in [3.8, 4) is 0 Å². The second kappa shape index (κ2) is 29.7. The van der Waals surface area contributed by atoms with Gasteiger partial charge < -0.3 is 0 Å². The van der Waals surface area contributed by atoms with Crippen LogP contribution in [0.3, 0.4) is 0 Å². The molecule has 1 rings (SSSR count). The van der Waals surface area contributed by atoms with Gasteiger partial charge in [-0.25, -0.2) is 0 Å². The molecule has 0 N–H and O–H groups in total. The fourth-order valence-corrected chi connectivity index (χ4v) is 6.32. The lowest BCUT2D eigenvalue weighted by molar-refractivity contribution is 0.535. The summed E-state index contributed by atoms with van der Waals surface area (Å²) in [4.78, 5) is 0. The number of hydrogen-bond donors (Lipinski definition) is 0. The second-order valence-corrected chi connectivity index (χ2v) is 13.1. The highest BCUT2D eigenvalue weighted by Gasteiger charge is 2.03. The summed E-state index contributed by atoms with van der Waals surface area (Å²) in [6, 6.07) is 7.39. The van der Waals surface area contributed by atoms with Crippen LogP contribution in [0.2, 0.25) is 0 Å². The quantitative estimate of drug-likeness (QED) is 0.0802. The largest absolute Gasteiger partial charge is 0.0654 e. The monoisotopic (exact) mass is 554 g/mol. The third kappa shape index (κ3) is 23.9. The first kappa shape index (κ1) is 37.2. The first-order chi connectivity index (χ1) is 19.8. The highest BCUT2D eigenvalue weighted by atomic mass is 14.1. The zero-order valence-electron chi connectivity index (χ0n) is 27.9. The normalized spacial score (nSPS) is 11.5. The van der Waals surface area contributed by atoms with Crippen molar-refractivity contribution in [3.05, 3.63) is 41.8 Å². The molecule has 1 aromatic carbocycles. The fraction of sp³-hybridized carbons (Fsp3) is 0.825. The Morgan fingerprint density at radius 3 is 0.800 bits per heavy atom. The molecule has 0 heterocycles. The van der Waals surface area contributed by atoms with Crippen molar-refractivity contribution in [3.63, 3.8) is 0 Å². The van der Waals surface area contributed by atoms with Gasteiger partial charge in [0.05, 0.1) is 0 Å². The number of hydrogen-bond acceptors (Lipinski definition) is 0. The zero-order chi connectivity index (χ0) is 28.8. The topological polar surface area (TPSA) is 0 Å². The average Bonchev–Trinajstić information content (AvgIpc) is 2.97. The summed E-state index contributed by atoms with van der Waals surface area (Å²) in [5.74, 6) is 0. The van der Waals surface area contributed by atoms with Crippen molar-refractivity contribution in [2.45, 2.75) is 213 Å². The van der Waals surface area contributed by atoms with E-state index >= 15 is 0 Å². The Labute approximate surface area is 254 Å². The van der Waals surface area contributed by atoms with E-state index in [1.807, 2.05) is 0 Å². The van der Waals surface area contributed by atoms with Gasteiger partial charge in [0.2, 0.25) is 0 Å². The Morgan fingerprint density at radius 1 is 0.325 bits per heavy atom. The smallest absolute Gasteiger partial charge is 0.0279 e. The standard InChI is InChI=1S/C40H73/c1-4-7-9-11-13-15-17-19-21-23-25-27-29-31-33-39-35-38(6-3)36-40(37-39)34-32-30-28-26-24-22-20-18-16-14-12-10-8-5-2/h35-37H,3-34H2,1-2H3. The van der Waals surface area contributed by atoms with Gasteiger partial charge in [-0.3, -0.25) is 0 Å². The van der Waals surface area contributed by atoms with Crippen molar-refractivity contribution in [2.75, 3.05) is 0 Å². The molecule has 0 aromatic heterocycles. The van der Waals surface area contributed by atoms with Gasteiger partial charge in [-0.2, -0.15) is 0 Å². The second-order valence-electron chi connectivity index (χ2n) is 13.1.